The van der Waals surface area contributed by atoms with Crippen LogP contribution in [0, 0.1) is 5.92 Å². The van der Waals surface area contributed by atoms with Crippen LogP contribution in [0.4, 0.5) is 0 Å². The Morgan fingerprint density at radius 3 is 3.00 bits per heavy atom. The third-order valence-corrected chi connectivity index (χ3v) is 4.55. The van der Waals surface area contributed by atoms with Gasteiger partial charge < -0.3 is 10.2 Å². The van der Waals surface area contributed by atoms with Crippen molar-refractivity contribution in [1.29, 1.82) is 0 Å². The Hall–Kier alpha value is -1.15. The smallest absolute Gasteiger partial charge is 0.240 e. The molecule has 1 amide bonds. The second-order valence-electron chi connectivity index (χ2n) is 5.63. The van der Waals surface area contributed by atoms with Crippen molar-refractivity contribution < 1.29 is 4.79 Å². The zero-order chi connectivity index (χ0) is 15.2. The largest absolute Gasteiger partial charge is 0.329 e. The molecule has 2 rings (SSSR count). The van der Waals surface area contributed by atoms with Gasteiger partial charge in [0, 0.05) is 18.1 Å². The average molecular weight is 312 g/mol. The van der Waals surface area contributed by atoms with Gasteiger partial charge in [0.15, 0.2) is 5.82 Å². The van der Waals surface area contributed by atoms with Gasteiger partial charge in [-0.2, -0.15) is 17.0 Å². The van der Waals surface area contributed by atoms with Gasteiger partial charge in [0.25, 0.3) is 0 Å². The van der Waals surface area contributed by atoms with Crippen molar-refractivity contribution in [1.82, 2.24) is 30.8 Å². The second kappa shape index (κ2) is 7.74. The maximum atomic E-state index is 12.9. The summed E-state index contributed by atoms with van der Waals surface area (Å²) >= 11 is 1.83. The first-order valence-electron chi connectivity index (χ1n) is 7.48. The van der Waals surface area contributed by atoms with Crippen LogP contribution in [-0.2, 0) is 4.79 Å². The van der Waals surface area contributed by atoms with E-state index in [2.05, 4.69) is 39.8 Å². The van der Waals surface area contributed by atoms with E-state index in [0.29, 0.717) is 11.7 Å². The summed E-state index contributed by atoms with van der Waals surface area (Å²) in [7, 11) is 0. The number of tetrazole rings is 1. The van der Waals surface area contributed by atoms with E-state index in [1.54, 1.807) is 0 Å². The van der Waals surface area contributed by atoms with Gasteiger partial charge in [-0.3, -0.25) is 4.79 Å². The summed E-state index contributed by atoms with van der Waals surface area (Å²) in [5, 5.41) is 17.5. The zero-order valence-corrected chi connectivity index (χ0v) is 13.7. The van der Waals surface area contributed by atoms with Gasteiger partial charge in [0.2, 0.25) is 5.91 Å². The van der Waals surface area contributed by atoms with Crippen LogP contribution in [0.1, 0.15) is 39.1 Å². The number of carbonyl (C=O) groups is 1. The third-order valence-electron chi connectivity index (χ3n) is 3.53. The van der Waals surface area contributed by atoms with Crippen LogP contribution in [0.3, 0.4) is 0 Å². The fourth-order valence-corrected chi connectivity index (χ4v) is 3.63. The van der Waals surface area contributed by atoms with Crippen LogP contribution in [0.15, 0.2) is 0 Å². The number of nitrogens with zero attached hydrogens (tertiary/aromatic N) is 4. The molecule has 1 aliphatic rings. The second-order valence-corrected chi connectivity index (χ2v) is 6.78. The maximum absolute atomic E-state index is 12.9. The van der Waals surface area contributed by atoms with Crippen LogP contribution in [0.2, 0.25) is 0 Å². The highest BCUT2D eigenvalue weighted by atomic mass is 32.2. The van der Waals surface area contributed by atoms with Gasteiger partial charge in [0.1, 0.15) is 6.04 Å². The summed E-state index contributed by atoms with van der Waals surface area (Å²) in [6.45, 7) is 7.84. The standard InChI is InChI=1S/C13H24N6OS/c1-4-14-10(7-9(2)3)13(20)19-5-6-21-8-11(19)12-15-17-18-16-12/h9-11,14H,4-8H2,1-3H3,(H,15,16,17,18). The van der Waals surface area contributed by atoms with E-state index >= 15 is 0 Å². The summed E-state index contributed by atoms with van der Waals surface area (Å²) in [5.41, 5.74) is 0. The van der Waals surface area contributed by atoms with Gasteiger partial charge in [-0.15, -0.1) is 10.2 Å². The first kappa shape index (κ1) is 16.2. The highest BCUT2D eigenvalue weighted by Crippen LogP contribution is 2.28. The summed E-state index contributed by atoms with van der Waals surface area (Å²) in [4.78, 5) is 14.8. The molecule has 2 N–H and O–H groups in total. The van der Waals surface area contributed by atoms with Gasteiger partial charge >= 0.3 is 0 Å². The SMILES string of the molecule is CCNC(CC(C)C)C(=O)N1CCSCC1c1nn[nH]n1. The number of aromatic amines is 1. The third kappa shape index (κ3) is 4.16. The molecule has 0 saturated carbocycles. The van der Waals surface area contributed by atoms with Crippen molar-refractivity contribution in [2.24, 2.45) is 5.92 Å². The molecule has 0 bridgehead atoms. The van der Waals surface area contributed by atoms with Crippen LogP contribution in [-0.4, -0.2) is 62.1 Å². The predicted molar refractivity (Wildman–Crippen MR) is 82.9 cm³/mol. The van der Waals surface area contributed by atoms with E-state index in [9.17, 15) is 4.79 Å². The molecule has 118 valence electrons. The monoisotopic (exact) mass is 312 g/mol. The van der Waals surface area contributed by atoms with E-state index in [-0.39, 0.29) is 18.0 Å². The Morgan fingerprint density at radius 1 is 1.57 bits per heavy atom. The van der Waals surface area contributed by atoms with Crippen molar-refractivity contribution in [3.05, 3.63) is 5.82 Å². The number of hydrogen-bond donors (Lipinski definition) is 2. The Bertz CT molecular complexity index is 438. The number of rotatable bonds is 6. The number of nitrogens with one attached hydrogen (secondary N) is 2. The Morgan fingerprint density at radius 2 is 2.38 bits per heavy atom. The fourth-order valence-electron chi connectivity index (χ4n) is 2.58. The molecule has 7 nitrogen and oxygen atoms in total. The molecular formula is C13H24N6OS. The lowest BCUT2D eigenvalue weighted by Gasteiger charge is -2.36. The molecule has 0 spiro atoms. The zero-order valence-electron chi connectivity index (χ0n) is 12.9. The summed E-state index contributed by atoms with van der Waals surface area (Å²) in [5.74, 6) is 3.02. The first-order valence-corrected chi connectivity index (χ1v) is 8.63. The number of carbonyl (C=O) groups excluding carboxylic acids is 1. The summed E-state index contributed by atoms with van der Waals surface area (Å²) < 4.78 is 0. The van der Waals surface area contributed by atoms with E-state index in [4.69, 9.17) is 0 Å². The molecule has 1 aromatic heterocycles. The Kier molecular flexibility index (Phi) is 5.98. The quantitative estimate of drug-likeness (QED) is 0.809. The van der Waals surface area contributed by atoms with Crippen molar-refractivity contribution in [3.63, 3.8) is 0 Å². The summed E-state index contributed by atoms with van der Waals surface area (Å²) in [6, 6.07) is -0.212. The molecule has 0 aromatic carbocycles. The number of hydrogen-bond acceptors (Lipinski definition) is 6. The molecule has 1 saturated heterocycles. The molecule has 21 heavy (non-hydrogen) atoms. The summed E-state index contributed by atoms with van der Waals surface area (Å²) in [6.07, 6.45) is 0.843. The number of H-pyrrole nitrogens is 1. The van der Waals surface area contributed by atoms with Crippen LogP contribution in [0.5, 0.6) is 0 Å². The van der Waals surface area contributed by atoms with E-state index < -0.39 is 0 Å². The van der Waals surface area contributed by atoms with Gasteiger partial charge in [0.05, 0.1) is 6.04 Å². The Balaban J connectivity index is 2.13. The minimum atomic E-state index is -0.132. The molecule has 8 heteroatoms. The van der Waals surface area contributed by atoms with E-state index in [0.717, 1.165) is 31.0 Å². The molecule has 2 unspecified atom stereocenters. The van der Waals surface area contributed by atoms with Gasteiger partial charge in [-0.1, -0.05) is 26.0 Å². The van der Waals surface area contributed by atoms with Crippen molar-refractivity contribution in [2.75, 3.05) is 24.6 Å². The number of likely N-dealkylation sites (N-methyl/N-ethyl adjacent to an activating group) is 1. The minimum Gasteiger partial charge on any atom is -0.329 e. The van der Waals surface area contributed by atoms with Crippen LogP contribution < -0.4 is 5.32 Å². The van der Waals surface area contributed by atoms with Gasteiger partial charge in [-0.25, -0.2) is 0 Å². The number of thioether (sulfide) groups is 1. The molecule has 2 atom stereocenters. The minimum absolute atomic E-state index is 0.0803. The van der Waals surface area contributed by atoms with Crippen molar-refractivity contribution >= 4 is 17.7 Å². The molecular weight excluding hydrogens is 288 g/mol. The first-order chi connectivity index (χ1) is 10.1. The highest BCUT2D eigenvalue weighted by molar-refractivity contribution is 7.99. The lowest BCUT2D eigenvalue weighted by Crippen LogP contribution is -2.51. The topological polar surface area (TPSA) is 86.8 Å². The van der Waals surface area contributed by atoms with Gasteiger partial charge in [-0.05, 0) is 18.9 Å². The molecule has 1 aliphatic heterocycles. The lowest BCUT2D eigenvalue weighted by molar-refractivity contribution is -0.136. The highest BCUT2D eigenvalue weighted by Gasteiger charge is 2.34. The average Bonchev–Trinajstić information content (AvgIpc) is 3.00. The molecule has 0 radical (unpaired) electrons. The molecule has 0 aliphatic carbocycles. The number of amides is 1. The maximum Gasteiger partial charge on any atom is 0.240 e. The Labute approximate surface area is 129 Å². The van der Waals surface area contributed by atoms with Crippen molar-refractivity contribution in [3.8, 4) is 0 Å². The molecule has 1 fully saturated rings. The number of aromatic nitrogens is 4. The normalized spacial score (nSPS) is 20.8. The molecule has 1 aromatic rings. The fraction of sp³-hybridized carbons (Fsp3) is 0.846. The van der Waals surface area contributed by atoms with E-state index in [1.165, 1.54) is 0 Å². The predicted octanol–water partition coefficient (Wildman–Crippen LogP) is 0.840. The van der Waals surface area contributed by atoms with E-state index in [1.807, 2.05) is 23.6 Å². The van der Waals surface area contributed by atoms with Crippen LogP contribution >= 0.6 is 11.8 Å². The van der Waals surface area contributed by atoms with Crippen LogP contribution in [0.25, 0.3) is 0 Å². The van der Waals surface area contributed by atoms with Crippen molar-refractivity contribution in [2.45, 2.75) is 39.3 Å². The molecule has 2 heterocycles. The lowest BCUT2D eigenvalue weighted by atomic mass is 10.0.